The van der Waals surface area contributed by atoms with Crippen molar-refractivity contribution in [3.05, 3.63) is 71.8 Å². The van der Waals surface area contributed by atoms with E-state index in [1.165, 1.54) is 0 Å². The molecule has 0 saturated carbocycles. The molecule has 0 amide bonds. The zero-order chi connectivity index (χ0) is 29.5. The largest absolute Gasteiger partial charge is 0.481 e. The number of carboxylic acid groups (broad SMARTS) is 2. The molecule has 0 bridgehead atoms. The Bertz CT molecular complexity index is 859. The first-order valence-corrected chi connectivity index (χ1v) is 15.3. The van der Waals surface area contributed by atoms with Gasteiger partial charge in [-0.25, -0.2) is 0 Å². The standard InChI is InChI=1S/C34H50O7/c35-25-30(23-31(33(36)37)19-11-1-3-13-21-40-26-28-15-7-5-8-16-28)24-32(34(38)39)20-12-2-4-14-22-41-27-29-17-9-6-10-18-29/h5-10,15-18,30-32,35H,1-4,11-14,19-27H2,(H,36,37)(H,38,39). The predicted octanol–water partition coefficient (Wildman–Crippen LogP) is 7.11. The number of aliphatic carboxylic acids is 2. The van der Waals surface area contributed by atoms with Gasteiger partial charge in [0, 0.05) is 19.8 Å². The molecule has 0 heterocycles. The third-order valence-electron chi connectivity index (χ3n) is 7.60. The molecule has 2 unspecified atom stereocenters. The van der Waals surface area contributed by atoms with E-state index in [0.29, 0.717) is 52.1 Å². The summed E-state index contributed by atoms with van der Waals surface area (Å²) >= 11 is 0. The Kier molecular flexibility index (Phi) is 18.4. The van der Waals surface area contributed by atoms with Crippen LogP contribution in [0.4, 0.5) is 0 Å². The molecule has 0 aliphatic rings. The van der Waals surface area contributed by atoms with E-state index in [1.807, 2.05) is 60.7 Å². The van der Waals surface area contributed by atoms with Crippen molar-refractivity contribution in [3.8, 4) is 0 Å². The minimum Gasteiger partial charge on any atom is -0.481 e. The Hall–Kier alpha value is -2.74. The molecule has 2 aromatic carbocycles. The van der Waals surface area contributed by atoms with Gasteiger partial charge in [0.15, 0.2) is 0 Å². The van der Waals surface area contributed by atoms with Crippen LogP contribution in [-0.4, -0.2) is 47.1 Å². The van der Waals surface area contributed by atoms with Gasteiger partial charge in [0.1, 0.15) is 0 Å². The van der Waals surface area contributed by atoms with Crippen LogP contribution in [0.25, 0.3) is 0 Å². The van der Waals surface area contributed by atoms with Gasteiger partial charge in [0.05, 0.1) is 25.0 Å². The topological polar surface area (TPSA) is 113 Å². The van der Waals surface area contributed by atoms with Gasteiger partial charge < -0.3 is 24.8 Å². The summed E-state index contributed by atoms with van der Waals surface area (Å²) < 4.78 is 11.4. The number of carbonyl (C=O) groups is 2. The van der Waals surface area contributed by atoms with Gasteiger partial charge in [0.25, 0.3) is 0 Å². The quantitative estimate of drug-likeness (QED) is 0.109. The third kappa shape index (κ3) is 16.3. The molecule has 7 nitrogen and oxygen atoms in total. The number of benzene rings is 2. The van der Waals surface area contributed by atoms with Gasteiger partial charge in [-0.05, 0) is 55.6 Å². The van der Waals surface area contributed by atoms with E-state index >= 15 is 0 Å². The molecule has 3 N–H and O–H groups in total. The predicted molar refractivity (Wildman–Crippen MR) is 160 cm³/mol. The number of aliphatic hydroxyl groups excluding tert-OH is 1. The lowest BCUT2D eigenvalue weighted by Gasteiger charge is -2.22. The molecule has 0 aliphatic heterocycles. The number of hydrogen-bond acceptors (Lipinski definition) is 5. The molecular weight excluding hydrogens is 520 g/mol. The van der Waals surface area contributed by atoms with Crippen LogP contribution in [0.5, 0.6) is 0 Å². The maximum atomic E-state index is 11.9. The number of unbranched alkanes of at least 4 members (excludes halogenated alkanes) is 6. The first kappa shape index (κ1) is 34.5. The summed E-state index contributed by atoms with van der Waals surface area (Å²) in [6, 6.07) is 20.1. The Morgan fingerprint density at radius 3 is 1.34 bits per heavy atom. The van der Waals surface area contributed by atoms with Crippen LogP contribution in [0.3, 0.4) is 0 Å². The molecule has 0 spiro atoms. The Balaban J connectivity index is 1.58. The zero-order valence-electron chi connectivity index (χ0n) is 24.5. The second-order valence-corrected chi connectivity index (χ2v) is 11.1. The number of aliphatic hydroxyl groups is 1. The highest BCUT2D eigenvalue weighted by Crippen LogP contribution is 2.27. The molecule has 0 saturated heterocycles. The van der Waals surface area contributed by atoms with E-state index in [4.69, 9.17) is 9.47 Å². The Labute approximate surface area is 245 Å². The van der Waals surface area contributed by atoms with Crippen LogP contribution in [-0.2, 0) is 32.3 Å². The van der Waals surface area contributed by atoms with E-state index in [9.17, 15) is 24.9 Å². The van der Waals surface area contributed by atoms with Gasteiger partial charge in [-0.15, -0.1) is 0 Å². The molecule has 0 aliphatic carbocycles. The van der Waals surface area contributed by atoms with E-state index < -0.39 is 23.8 Å². The molecule has 7 heteroatoms. The van der Waals surface area contributed by atoms with Gasteiger partial charge >= 0.3 is 11.9 Å². The van der Waals surface area contributed by atoms with Gasteiger partial charge in [-0.2, -0.15) is 0 Å². The normalized spacial score (nSPS) is 13.5. The van der Waals surface area contributed by atoms with Crippen molar-refractivity contribution in [1.82, 2.24) is 0 Å². The number of rotatable bonds is 25. The molecule has 0 fully saturated rings. The van der Waals surface area contributed by atoms with Crippen molar-refractivity contribution < 1.29 is 34.4 Å². The lowest BCUT2D eigenvalue weighted by atomic mass is 9.83. The minimum absolute atomic E-state index is 0.189. The summed E-state index contributed by atoms with van der Waals surface area (Å²) in [6.45, 7) is 2.38. The molecular formula is C34H50O7. The lowest BCUT2D eigenvalue weighted by Crippen LogP contribution is -2.24. The molecule has 2 aromatic rings. The van der Waals surface area contributed by atoms with E-state index in [0.717, 1.165) is 62.5 Å². The average molecular weight is 571 g/mol. The highest BCUT2D eigenvalue weighted by molar-refractivity contribution is 5.70. The van der Waals surface area contributed by atoms with E-state index in [2.05, 4.69) is 0 Å². The van der Waals surface area contributed by atoms with Crippen LogP contribution >= 0.6 is 0 Å². The van der Waals surface area contributed by atoms with Crippen molar-refractivity contribution in [2.75, 3.05) is 19.8 Å². The number of carboxylic acids is 2. The van der Waals surface area contributed by atoms with Crippen molar-refractivity contribution in [3.63, 3.8) is 0 Å². The smallest absolute Gasteiger partial charge is 0.306 e. The van der Waals surface area contributed by atoms with Gasteiger partial charge in [-0.1, -0.05) is 99.2 Å². The summed E-state index contributed by atoms with van der Waals surface area (Å²) in [5.41, 5.74) is 2.31. The zero-order valence-corrected chi connectivity index (χ0v) is 24.5. The van der Waals surface area contributed by atoms with Gasteiger partial charge in [0.2, 0.25) is 0 Å². The van der Waals surface area contributed by atoms with E-state index in [-0.39, 0.29) is 12.5 Å². The maximum Gasteiger partial charge on any atom is 0.306 e. The van der Waals surface area contributed by atoms with Crippen LogP contribution in [0, 0.1) is 17.8 Å². The summed E-state index contributed by atoms with van der Waals surface area (Å²) in [5.74, 6) is -3.18. The average Bonchev–Trinajstić information content (AvgIpc) is 2.98. The molecule has 2 atom stereocenters. The Morgan fingerprint density at radius 2 is 0.976 bits per heavy atom. The molecule has 228 valence electrons. The summed E-state index contributed by atoms with van der Waals surface area (Å²) in [5, 5.41) is 29.4. The highest BCUT2D eigenvalue weighted by atomic mass is 16.5. The van der Waals surface area contributed by atoms with Crippen LogP contribution in [0.1, 0.15) is 88.2 Å². The SMILES string of the molecule is O=C(O)C(CCCCCCOCc1ccccc1)CC(CO)CC(CCCCCCOCc1ccccc1)C(=O)O. The second-order valence-electron chi connectivity index (χ2n) is 11.1. The summed E-state index contributed by atoms with van der Waals surface area (Å²) in [6.07, 6.45) is 8.99. The molecule has 0 radical (unpaired) electrons. The summed E-state index contributed by atoms with van der Waals surface area (Å²) in [7, 11) is 0. The number of hydrogen-bond donors (Lipinski definition) is 3. The molecule has 2 rings (SSSR count). The Morgan fingerprint density at radius 1 is 0.585 bits per heavy atom. The number of ether oxygens (including phenoxy) is 2. The van der Waals surface area contributed by atoms with Crippen LogP contribution < -0.4 is 0 Å². The van der Waals surface area contributed by atoms with Crippen LogP contribution in [0.15, 0.2) is 60.7 Å². The van der Waals surface area contributed by atoms with E-state index in [1.54, 1.807) is 0 Å². The van der Waals surface area contributed by atoms with Crippen molar-refractivity contribution >= 4 is 11.9 Å². The second kappa shape index (κ2) is 21.9. The first-order chi connectivity index (χ1) is 20.0. The maximum absolute atomic E-state index is 11.9. The fourth-order valence-electron chi connectivity index (χ4n) is 5.16. The highest BCUT2D eigenvalue weighted by Gasteiger charge is 2.27. The summed E-state index contributed by atoms with van der Waals surface area (Å²) in [4.78, 5) is 23.8. The lowest BCUT2D eigenvalue weighted by molar-refractivity contribution is -0.143. The fourth-order valence-corrected chi connectivity index (χ4v) is 5.16. The molecule has 41 heavy (non-hydrogen) atoms. The monoisotopic (exact) mass is 570 g/mol. The molecule has 0 aromatic heterocycles. The van der Waals surface area contributed by atoms with Crippen molar-refractivity contribution in [1.29, 1.82) is 0 Å². The third-order valence-corrected chi connectivity index (χ3v) is 7.60. The minimum atomic E-state index is -0.865. The van der Waals surface area contributed by atoms with Gasteiger partial charge in [-0.3, -0.25) is 9.59 Å². The first-order valence-electron chi connectivity index (χ1n) is 15.3. The van der Waals surface area contributed by atoms with Crippen LogP contribution in [0.2, 0.25) is 0 Å². The van der Waals surface area contributed by atoms with Crippen molar-refractivity contribution in [2.24, 2.45) is 17.8 Å². The fraction of sp³-hybridized carbons (Fsp3) is 0.588. The van der Waals surface area contributed by atoms with Crippen molar-refractivity contribution in [2.45, 2.75) is 90.3 Å².